The normalized spacial score (nSPS) is 13.5. The van der Waals surface area contributed by atoms with Gasteiger partial charge in [0.15, 0.2) is 0 Å². The lowest BCUT2D eigenvalue weighted by Crippen LogP contribution is -2.41. The van der Waals surface area contributed by atoms with Gasteiger partial charge in [-0.25, -0.2) is 4.79 Å². The van der Waals surface area contributed by atoms with E-state index in [2.05, 4.69) is 12.2 Å². The lowest BCUT2D eigenvalue weighted by Gasteiger charge is -2.13. The average molecular weight is 407 g/mol. The minimum absolute atomic E-state index is 0.128. The highest BCUT2D eigenvalue weighted by atomic mass is 33.1. The summed E-state index contributed by atoms with van der Waals surface area (Å²) in [6, 6.07) is -2.02. The first-order valence-electron chi connectivity index (χ1n) is 8.81. The first kappa shape index (κ1) is 24.8. The predicted octanol–water partition coefficient (Wildman–Crippen LogP) is 2.66. The molecule has 0 radical (unpaired) electrons. The maximum absolute atomic E-state index is 11.8. The number of carboxylic acids is 2. The molecule has 0 aliphatic heterocycles. The molecule has 26 heavy (non-hydrogen) atoms. The molecule has 5 N–H and O–H groups in total. The molecule has 0 bridgehead atoms. The Morgan fingerprint density at radius 2 is 1.62 bits per heavy atom. The Labute approximate surface area is 162 Å². The van der Waals surface area contributed by atoms with Crippen molar-refractivity contribution in [3.05, 3.63) is 12.2 Å². The molecular formula is C17H30N2O5S2. The maximum atomic E-state index is 11.8. The Kier molecular flexibility index (Phi) is 15.3. The number of nitrogens with two attached hydrogens (primary N) is 1. The summed E-state index contributed by atoms with van der Waals surface area (Å²) in [5.41, 5.74) is 5.36. The predicted molar refractivity (Wildman–Crippen MR) is 107 cm³/mol. The van der Waals surface area contributed by atoms with E-state index in [1.165, 1.54) is 53.3 Å². The van der Waals surface area contributed by atoms with Crippen LogP contribution in [0.4, 0.5) is 0 Å². The Morgan fingerprint density at radius 1 is 1.00 bits per heavy atom. The van der Waals surface area contributed by atoms with Crippen molar-refractivity contribution in [3.63, 3.8) is 0 Å². The summed E-state index contributed by atoms with van der Waals surface area (Å²) in [5.74, 6) is -2.37. The largest absolute Gasteiger partial charge is 0.480 e. The van der Waals surface area contributed by atoms with Crippen molar-refractivity contribution in [2.75, 3.05) is 11.5 Å². The van der Waals surface area contributed by atoms with Crippen LogP contribution in [0.15, 0.2) is 12.2 Å². The van der Waals surface area contributed by atoms with Gasteiger partial charge < -0.3 is 21.3 Å². The van der Waals surface area contributed by atoms with Crippen molar-refractivity contribution in [3.8, 4) is 0 Å². The van der Waals surface area contributed by atoms with Crippen molar-refractivity contribution >= 4 is 39.4 Å². The van der Waals surface area contributed by atoms with E-state index in [-0.39, 0.29) is 11.5 Å². The van der Waals surface area contributed by atoms with Crippen molar-refractivity contribution in [2.45, 2.75) is 64.0 Å². The van der Waals surface area contributed by atoms with Crippen LogP contribution in [0.25, 0.3) is 0 Å². The van der Waals surface area contributed by atoms with Crippen LogP contribution < -0.4 is 11.1 Å². The van der Waals surface area contributed by atoms with E-state index in [9.17, 15) is 14.4 Å². The zero-order chi connectivity index (χ0) is 19.8. The quantitative estimate of drug-likeness (QED) is 0.175. The summed E-state index contributed by atoms with van der Waals surface area (Å²) < 4.78 is 0. The zero-order valence-corrected chi connectivity index (χ0v) is 16.8. The summed E-state index contributed by atoms with van der Waals surface area (Å²) in [7, 11) is 2.35. The third kappa shape index (κ3) is 14.0. The summed E-state index contributed by atoms with van der Waals surface area (Å²) in [5, 5.41) is 20.3. The number of allylic oxidation sites excluding steroid dienone is 1. The third-order valence-electron chi connectivity index (χ3n) is 3.49. The van der Waals surface area contributed by atoms with E-state index >= 15 is 0 Å². The second-order valence-corrected chi connectivity index (χ2v) is 8.42. The molecule has 0 aromatic rings. The molecule has 0 heterocycles. The molecule has 0 saturated carbocycles. The van der Waals surface area contributed by atoms with E-state index in [0.29, 0.717) is 0 Å². The van der Waals surface area contributed by atoms with E-state index in [1.54, 1.807) is 6.08 Å². The second kappa shape index (κ2) is 16.0. The SMILES string of the molecule is CCCCCCCCC=CC(=O)N[C@@H](CSSCC(N)C(=O)O)C(=O)O. The fraction of sp³-hybridized carbons (Fsp3) is 0.706. The molecule has 0 spiro atoms. The maximum Gasteiger partial charge on any atom is 0.327 e. The molecule has 0 aromatic heterocycles. The fourth-order valence-corrected chi connectivity index (χ4v) is 4.21. The van der Waals surface area contributed by atoms with Crippen LogP contribution in [0.3, 0.4) is 0 Å². The molecule has 0 rings (SSSR count). The minimum atomic E-state index is -1.13. The lowest BCUT2D eigenvalue weighted by atomic mass is 10.1. The second-order valence-electron chi connectivity index (χ2n) is 5.87. The topological polar surface area (TPSA) is 130 Å². The number of hydrogen-bond donors (Lipinski definition) is 4. The molecule has 0 aliphatic carbocycles. The van der Waals surface area contributed by atoms with Crippen LogP contribution in [0, 0.1) is 0 Å². The Balaban J connectivity index is 3.98. The van der Waals surface area contributed by atoms with Crippen LogP contribution in [-0.4, -0.2) is 51.6 Å². The molecule has 150 valence electrons. The molecule has 0 aliphatic rings. The van der Waals surface area contributed by atoms with Gasteiger partial charge in [-0.2, -0.15) is 0 Å². The smallest absolute Gasteiger partial charge is 0.327 e. The molecule has 0 aromatic carbocycles. The van der Waals surface area contributed by atoms with Crippen LogP contribution in [-0.2, 0) is 14.4 Å². The Bertz CT molecular complexity index is 460. The van der Waals surface area contributed by atoms with Gasteiger partial charge in [0.2, 0.25) is 5.91 Å². The van der Waals surface area contributed by atoms with Gasteiger partial charge in [-0.3, -0.25) is 9.59 Å². The lowest BCUT2D eigenvalue weighted by molar-refractivity contribution is -0.140. The highest BCUT2D eigenvalue weighted by Crippen LogP contribution is 2.22. The summed E-state index contributed by atoms with van der Waals surface area (Å²) in [6.07, 6.45) is 11.0. The van der Waals surface area contributed by atoms with Crippen molar-refractivity contribution < 1.29 is 24.6 Å². The monoisotopic (exact) mass is 406 g/mol. The first-order valence-corrected chi connectivity index (χ1v) is 11.3. The summed E-state index contributed by atoms with van der Waals surface area (Å²) >= 11 is 0. The molecule has 9 heteroatoms. The van der Waals surface area contributed by atoms with E-state index in [0.717, 1.165) is 19.3 Å². The van der Waals surface area contributed by atoms with Gasteiger partial charge in [-0.05, 0) is 18.9 Å². The number of amides is 1. The van der Waals surface area contributed by atoms with Gasteiger partial charge in [-0.15, -0.1) is 0 Å². The number of aliphatic carboxylic acids is 2. The summed E-state index contributed by atoms with van der Waals surface area (Å²) in [4.78, 5) is 33.6. The molecule has 2 atom stereocenters. The number of carboxylic acid groups (broad SMARTS) is 2. The Morgan fingerprint density at radius 3 is 2.23 bits per heavy atom. The summed E-state index contributed by atoms with van der Waals surface area (Å²) in [6.45, 7) is 2.17. The number of rotatable bonds is 16. The van der Waals surface area contributed by atoms with Crippen LogP contribution in [0.2, 0.25) is 0 Å². The van der Waals surface area contributed by atoms with Gasteiger partial charge >= 0.3 is 11.9 Å². The highest BCUT2D eigenvalue weighted by Gasteiger charge is 2.19. The van der Waals surface area contributed by atoms with Gasteiger partial charge in [-0.1, -0.05) is 66.7 Å². The molecule has 0 fully saturated rings. The molecule has 1 unspecified atom stereocenters. The minimum Gasteiger partial charge on any atom is -0.480 e. The fourth-order valence-electron chi connectivity index (χ4n) is 1.94. The van der Waals surface area contributed by atoms with Gasteiger partial charge in [0.1, 0.15) is 12.1 Å². The van der Waals surface area contributed by atoms with Crippen molar-refractivity contribution in [1.29, 1.82) is 0 Å². The number of carbonyl (C=O) groups is 3. The number of nitrogens with one attached hydrogen (secondary N) is 1. The molecule has 7 nitrogen and oxygen atoms in total. The van der Waals surface area contributed by atoms with Crippen LogP contribution >= 0.6 is 21.6 Å². The van der Waals surface area contributed by atoms with Gasteiger partial charge in [0.25, 0.3) is 0 Å². The van der Waals surface area contributed by atoms with Crippen LogP contribution in [0.5, 0.6) is 0 Å². The third-order valence-corrected chi connectivity index (χ3v) is 5.94. The molecule has 0 saturated heterocycles. The van der Waals surface area contributed by atoms with Gasteiger partial charge in [0.05, 0.1) is 0 Å². The molecule has 1 amide bonds. The number of hydrogen-bond acceptors (Lipinski definition) is 6. The number of unbranched alkanes of at least 4 members (excludes halogenated alkanes) is 6. The van der Waals surface area contributed by atoms with Crippen molar-refractivity contribution in [2.24, 2.45) is 5.73 Å². The van der Waals surface area contributed by atoms with Crippen molar-refractivity contribution in [1.82, 2.24) is 5.32 Å². The zero-order valence-electron chi connectivity index (χ0n) is 15.2. The van der Waals surface area contributed by atoms with Gasteiger partial charge in [0, 0.05) is 11.5 Å². The first-order chi connectivity index (χ1) is 12.4. The van der Waals surface area contributed by atoms with E-state index in [1.807, 2.05) is 0 Å². The molecular weight excluding hydrogens is 376 g/mol. The number of carbonyl (C=O) groups excluding carboxylic acids is 1. The highest BCUT2D eigenvalue weighted by molar-refractivity contribution is 8.76. The average Bonchev–Trinajstić information content (AvgIpc) is 2.59. The van der Waals surface area contributed by atoms with E-state index < -0.39 is 29.9 Å². The standard InChI is InChI=1S/C17H30N2O5S2/c1-2-3-4-5-6-7-8-9-10-15(20)19-14(17(23)24)12-26-25-11-13(18)16(21)22/h9-10,13-14H,2-8,11-12,18H2,1H3,(H,19,20)(H,21,22)(H,23,24)/t13?,14-/m0/s1. The van der Waals surface area contributed by atoms with E-state index in [4.69, 9.17) is 15.9 Å². The Hall–Kier alpha value is -1.19. The van der Waals surface area contributed by atoms with Crippen LogP contribution in [0.1, 0.15) is 51.9 Å².